The van der Waals surface area contributed by atoms with Crippen LogP contribution in [0.3, 0.4) is 0 Å². The van der Waals surface area contributed by atoms with Crippen molar-refractivity contribution in [3.63, 3.8) is 0 Å². The number of fused-ring (bicyclic) bond motifs is 3. The first-order valence-corrected chi connectivity index (χ1v) is 15.6. The highest BCUT2D eigenvalue weighted by Gasteiger charge is 2.61. The van der Waals surface area contributed by atoms with Crippen LogP contribution < -0.4 is 4.57 Å². The van der Waals surface area contributed by atoms with E-state index in [9.17, 15) is 0 Å². The largest absolute Gasteiger partial charge is 0.270 e. The molecule has 1 aliphatic heterocycles. The number of para-hydroxylation sites is 2. The zero-order valence-electron chi connectivity index (χ0n) is 23.1. The van der Waals surface area contributed by atoms with Crippen LogP contribution in [0.2, 0.25) is 0 Å². The zero-order chi connectivity index (χ0) is 25.0. The third-order valence-electron chi connectivity index (χ3n) is 10.9. The Bertz CT molecular complexity index is 1280. The minimum atomic E-state index is 0.176. The first-order chi connectivity index (χ1) is 18.2. The van der Waals surface area contributed by atoms with Crippen molar-refractivity contribution in [1.82, 2.24) is 4.57 Å². The summed E-state index contributed by atoms with van der Waals surface area (Å²) in [6.45, 7) is 4.80. The number of hydrogen-bond donors (Lipinski definition) is 0. The van der Waals surface area contributed by atoms with Gasteiger partial charge in [-0.05, 0) is 75.0 Å². The topological polar surface area (TPSA) is 8.81 Å². The van der Waals surface area contributed by atoms with Gasteiger partial charge in [0.1, 0.15) is 17.1 Å². The Kier molecular flexibility index (Phi) is 6.06. The second-order valence-corrected chi connectivity index (χ2v) is 12.8. The van der Waals surface area contributed by atoms with Gasteiger partial charge in [0.2, 0.25) is 0 Å². The van der Waals surface area contributed by atoms with Gasteiger partial charge in [0, 0.05) is 12.5 Å². The first-order valence-electron chi connectivity index (χ1n) is 15.6. The van der Waals surface area contributed by atoms with Crippen LogP contribution in [-0.4, -0.2) is 4.57 Å². The second kappa shape index (κ2) is 9.44. The van der Waals surface area contributed by atoms with Crippen LogP contribution in [0.25, 0.3) is 11.4 Å². The number of nitrogens with zero attached hydrogens (tertiary/aromatic N) is 2. The second-order valence-electron chi connectivity index (χ2n) is 12.8. The molecule has 194 valence electrons. The van der Waals surface area contributed by atoms with Crippen molar-refractivity contribution in [3.8, 4) is 11.4 Å². The smallest absolute Gasteiger partial charge is 0.196 e. The average molecular weight is 494 g/mol. The molecule has 1 atom stereocenters. The van der Waals surface area contributed by atoms with E-state index in [0.29, 0.717) is 5.92 Å². The molecular formula is C35H45N2+. The van der Waals surface area contributed by atoms with Gasteiger partial charge >= 0.3 is 0 Å². The van der Waals surface area contributed by atoms with Crippen molar-refractivity contribution in [2.45, 2.75) is 115 Å². The molecular weight excluding hydrogens is 448 g/mol. The summed E-state index contributed by atoms with van der Waals surface area (Å²) >= 11 is 0. The normalized spacial score (nSPS) is 24.9. The van der Waals surface area contributed by atoms with E-state index >= 15 is 0 Å². The Hall–Kier alpha value is -2.35. The summed E-state index contributed by atoms with van der Waals surface area (Å²) < 4.78 is 5.61. The molecule has 0 N–H and O–H groups in total. The van der Waals surface area contributed by atoms with Gasteiger partial charge in [-0.3, -0.25) is 0 Å². The lowest BCUT2D eigenvalue weighted by molar-refractivity contribution is -0.610. The van der Waals surface area contributed by atoms with Crippen molar-refractivity contribution in [2.24, 2.45) is 11.8 Å². The van der Waals surface area contributed by atoms with Gasteiger partial charge < -0.3 is 0 Å². The molecule has 3 aromatic rings. The lowest BCUT2D eigenvalue weighted by atomic mass is 9.57. The van der Waals surface area contributed by atoms with Gasteiger partial charge in [-0.1, -0.05) is 87.8 Å². The molecule has 2 aromatic carbocycles. The standard InChI is InChI=1S/C35H45N2/c1-25-15-9-13-23-31(25)36-26(2)33-35(29-20-10-11-21-29,28-18-7-4-8-19-28)30-22-12-14-24-32(30)37(33)34(36)27-16-5-3-6-17-27/h9,12-15,22-24,27-29H,3-8,10-11,16-21H2,1-2H3/q+1. The number of aryl methyl sites for hydroxylation is 1. The molecule has 0 spiro atoms. The van der Waals surface area contributed by atoms with E-state index in [1.54, 1.807) is 17.1 Å². The minimum Gasteiger partial charge on any atom is -0.196 e. The van der Waals surface area contributed by atoms with E-state index < -0.39 is 0 Å². The highest BCUT2D eigenvalue weighted by Crippen LogP contribution is 2.59. The monoisotopic (exact) mass is 493 g/mol. The number of rotatable bonds is 4. The molecule has 2 heteroatoms. The molecule has 0 radical (unpaired) electrons. The molecule has 2 heterocycles. The van der Waals surface area contributed by atoms with Gasteiger partial charge in [-0.25, -0.2) is 0 Å². The van der Waals surface area contributed by atoms with E-state index in [4.69, 9.17) is 0 Å². The summed E-state index contributed by atoms with van der Waals surface area (Å²) in [5.74, 6) is 3.77. The fraction of sp³-hybridized carbons (Fsp3) is 0.571. The van der Waals surface area contributed by atoms with Gasteiger partial charge in [0.15, 0.2) is 5.69 Å². The van der Waals surface area contributed by atoms with Gasteiger partial charge in [-0.2, -0.15) is 9.13 Å². The van der Waals surface area contributed by atoms with E-state index in [0.717, 1.165) is 11.8 Å². The lowest BCUT2D eigenvalue weighted by Crippen LogP contribution is -2.46. The third-order valence-corrected chi connectivity index (χ3v) is 10.9. The van der Waals surface area contributed by atoms with Gasteiger partial charge in [0.25, 0.3) is 5.82 Å². The van der Waals surface area contributed by atoms with Crippen LogP contribution in [0.5, 0.6) is 0 Å². The summed E-state index contributed by atoms with van der Waals surface area (Å²) in [5.41, 5.74) is 9.40. The Balaban J connectivity index is 1.58. The number of aromatic nitrogens is 2. The Labute approximate surface area is 224 Å². The van der Waals surface area contributed by atoms with E-state index in [1.807, 2.05) is 0 Å². The number of hydrogen-bond acceptors (Lipinski definition) is 0. The van der Waals surface area contributed by atoms with E-state index in [1.165, 1.54) is 113 Å². The fourth-order valence-corrected chi connectivity index (χ4v) is 9.47. The lowest BCUT2D eigenvalue weighted by Gasteiger charge is -2.43. The molecule has 3 fully saturated rings. The summed E-state index contributed by atoms with van der Waals surface area (Å²) in [5, 5.41) is 0. The predicted octanol–water partition coefficient (Wildman–Crippen LogP) is 8.79. The van der Waals surface area contributed by atoms with Crippen LogP contribution in [0, 0.1) is 25.7 Å². The molecule has 2 nitrogen and oxygen atoms in total. The quantitative estimate of drug-likeness (QED) is 0.321. The van der Waals surface area contributed by atoms with Gasteiger partial charge in [-0.15, -0.1) is 0 Å². The number of imidazole rings is 1. The van der Waals surface area contributed by atoms with Crippen molar-refractivity contribution >= 4 is 0 Å². The zero-order valence-corrected chi connectivity index (χ0v) is 23.1. The van der Waals surface area contributed by atoms with Crippen molar-refractivity contribution in [3.05, 3.63) is 76.9 Å². The maximum absolute atomic E-state index is 2.86. The summed E-state index contributed by atoms with van der Waals surface area (Å²) in [4.78, 5) is 0. The molecule has 1 aromatic heterocycles. The van der Waals surface area contributed by atoms with E-state index in [2.05, 4.69) is 71.5 Å². The minimum absolute atomic E-state index is 0.176. The van der Waals surface area contributed by atoms with Crippen molar-refractivity contribution in [1.29, 1.82) is 0 Å². The number of benzene rings is 2. The maximum atomic E-state index is 2.86. The molecule has 0 bridgehead atoms. The van der Waals surface area contributed by atoms with Crippen LogP contribution >= 0.6 is 0 Å². The molecule has 7 rings (SSSR count). The first kappa shape index (κ1) is 23.7. The Morgan fingerprint density at radius 2 is 1.24 bits per heavy atom. The molecule has 0 amide bonds. The third kappa shape index (κ3) is 3.46. The van der Waals surface area contributed by atoms with Crippen LogP contribution in [-0.2, 0) is 5.41 Å². The highest BCUT2D eigenvalue weighted by molar-refractivity contribution is 5.55. The van der Waals surface area contributed by atoms with Crippen LogP contribution in [0.1, 0.15) is 124 Å². The van der Waals surface area contributed by atoms with Crippen molar-refractivity contribution in [2.75, 3.05) is 0 Å². The van der Waals surface area contributed by atoms with Gasteiger partial charge in [0.05, 0.1) is 11.3 Å². The molecule has 3 saturated carbocycles. The molecule has 0 saturated heterocycles. The molecule has 4 aliphatic rings. The summed E-state index contributed by atoms with van der Waals surface area (Å²) in [7, 11) is 0. The van der Waals surface area contributed by atoms with Crippen LogP contribution in [0.15, 0.2) is 48.5 Å². The van der Waals surface area contributed by atoms with Crippen molar-refractivity contribution < 1.29 is 4.57 Å². The van der Waals surface area contributed by atoms with Crippen LogP contribution in [0.4, 0.5) is 0 Å². The average Bonchev–Trinajstić information content (AvgIpc) is 3.65. The Morgan fingerprint density at radius 3 is 1.92 bits per heavy atom. The highest BCUT2D eigenvalue weighted by atomic mass is 15.2. The maximum Gasteiger partial charge on any atom is 0.270 e. The predicted molar refractivity (Wildman–Crippen MR) is 152 cm³/mol. The molecule has 3 aliphatic carbocycles. The van der Waals surface area contributed by atoms with E-state index in [-0.39, 0.29) is 5.41 Å². The summed E-state index contributed by atoms with van der Waals surface area (Å²) in [6.07, 6.45) is 19.5. The SMILES string of the molecule is Cc1ccccc1-n1c(C)c2[n+](c1C1CCCCC1)-c1ccccc1C2(C1CCCCC1)C1CCCC1. The molecule has 1 unspecified atom stereocenters. The molecule has 37 heavy (non-hydrogen) atoms. The fourth-order valence-electron chi connectivity index (χ4n) is 9.47. The Morgan fingerprint density at radius 1 is 0.676 bits per heavy atom. The summed E-state index contributed by atoms with van der Waals surface area (Å²) in [6, 6.07) is 18.8.